The van der Waals surface area contributed by atoms with Crippen molar-refractivity contribution in [2.75, 3.05) is 18.0 Å². The number of allylic oxidation sites excluding steroid dienone is 1. The van der Waals surface area contributed by atoms with Gasteiger partial charge >= 0.3 is 6.09 Å². The third-order valence-electron chi connectivity index (χ3n) is 3.12. The van der Waals surface area contributed by atoms with E-state index in [9.17, 15) is 4.79 Å². The number of hydrogen-bond donors (Lipinski definition) is 1. The molecule has 16 heavy (non-hydrogen) atoms. The quantitative estimate of drug-likeness (QED) is 0.720. The Bertz CT molecular complexity index is 482. The van der Waals surface area contributed by atoms with Gasteiger partial charge in [0.15, 0.2) is 0 Å². The second-order valence-electron chi connectivity index (χ2n) is 4.05. The monoisotopic (exact) mass is 216 g/mol. The van der Waals surface area contributed by atoms with E-state index in [4.69, 9.17) is 5.11 Å². The summed E-state index contributed by atoms with van der Waals surface area (Å²) in [6.45, 7) is 1.28. The third-order valence-corrected chi connectivity index (χ3v) is 3.12. The Hall–Kier alpha value is -1.97. The maximum atomic E-state index is 10.9. The molecule has 0 bridgehead atoms. The van der Waals surface area contributed by atoms with E-state index in [1.807, 2.05) is 12.1 Å². The van der Waals surface area contributed by atoms with Gasteiger partial charge in [-0.1, -0.05) is 18.2 Å². The van der Waals surface area contributed by atoms with E-state index in [2.05, 4.69) is 17.0 Å². The lowest BCUT2D eigenvalue weighted by Gasteiger charge is -2.30. The number of nitrogens with zero attached hydrogens (tertiary/aromatic N) is 2. The van der Waals surface area contributed by atoms with Crippen molar-refractivity contribution in [2.24, 2.45) is 0 Å². The first-order valence-corrected chi connectivity index (χ1v) is 5.31. The van der Waals surface area contributed by atoms with Crippen LogP contribution in [0.5, 0.6) is 0 Å². The Labute approximate surface area is 93.4 Å². The van der Waals surface area contributed by atoms with E-state index in [0.717, 1.165) is 18.7 Å². The smallest absolute Gasteiger partial charge is 0.411 e. The Morgan fingerprint density at radius 1 is 1.25 bits per heavy atom. The highest BCUT2D eigenvalue weighted by molar-refractivity contribution is 5.70. The largest absolute Gasteiger partial charge is 0.465 e. The Morgan fingerprint density at radius 2 is 2.06 bits per heavy atom. The average Bonchev–Trinajstić information content (AvgIpc) is 2.66. The number of fused-ring (bicyclic) bond motifs is 3. The van der Waals surface area contributed by atoms with Gasteiger partial charge in [-0.3, -0.25) is 4.90 Å². The summed E-state index contributed by atoms with van der Waals surface area (Å²) >= 11 is 0. The number of para-hydroxylation sites is 1. The summed E-state index contributed by atoms with van der Waals surface area (Å²) in [5.74, 6) is 0. The number of rotatable bonds is 0. The predicted octanol–water partition coefficient (Wildman–Crippen LogP) is 1.88. The van der Waals surface area contributed by atoms with E-state index in [-0.39, 0.29) is 0 Å². The molecule has 2 aliphatic rings. The molecule has 0 aliphatic carbocycles. The van der Waals surface area contributed by atoms with Gasteiger partial charge in [-0.2, -0.15) is 0 Å². The van der Waals surface area contributed by atoms with Gasteiger partial charge in [-0.15, -0.1) is 0 Å². The van der Waals surface area contributed by atoms with Crippen molar-refractivity contribution in [3.05, 3.63) is 41.7 Å². The van der Waals surface area contributed by atoms with Gasteiger partial charge in [0.25, 0.3) is 0 Å². The molecule has 0 atom stereocenters. The normalized spacial score (nSPS) is 17.9. The zero-order valence-electron chi connectivity index (χ0n) is 8.76. The zero-order valence-corrected chi connectivity index (χ0v) is 8.76. The van der Waals surface area contributed by atoms with Crippen LogP contribution in [0.2, 0.25) is 0 Å². The lowest BCUT2D eigenvalue weighted by Crippen LogP contribution is -2.39. The van der Waals surface area contributed by atoms with Crippen molar-refractivity contribution in [3.63, 3.8) is 0 Å². The molecule has 4 heteroatoms. The number of amides is 1. The highest BCUT2D eigenvalue weighted by Crippen LogP contribution is 2.35. The van der Waals surface area contributed by atoms with Crippen LogP contribution in [-0.2, 0) is 6.42 Å². The van der Waals surface area contributed by atoms with Crippen LogP contribution in [0.25, 0.3) is 0 Å². The van der Waals surface area contributed by atoms with Gasteiger partial charge in [0.05, 0.1) is 0 Å². The zero-order chi connectivity index (χ0) is 11.1. The molecule has 0 aromatic heterocycles. The maximum absolute atomic E-state index is 10.9. The van der Waals surface area contributed by atoms with Gasteiger partial charge in [0.1, 0.15) is 0 Å². The lowest BCUT2D eigenvalue weighted by atomic mass is 10.1. The van der Waals surface area contributed by atoms with Crippen LogP contribution in [0.3, 0.4) is 0 Å². The van der Waals surface area contributed by atoms with Crippen LogP contribution in [0.15, 0.2) is 36.2 Å². The molecular formula is C12H12N2O2. The second kappa shape index (κ2) is 3.27. The first-order valence-electron chi connectivity index (χ1n) is 5.31. The minimum absolute atomic E-state index is 0.535. The van der Waals surface area contributed by atoms with Crippen LogP contribution in [0.1, 0.15) is 5.56 Å². The van der Waals surface area contributed by atoms with Gasteiger partial charge in [0, 0.05) is 37.1 Å². The van der Waals surface area contributed by atoms with Crippen molar-refractivity contribution in [1.82, 2.24) is 4.90 Å². The molecule has 0 fully saturated rings. The molecule has 4 nitrogen and oxygen atoms in total. The average molecular weight is 216 g/mol. The molecule has 82 valence electrons. The van der Waals surface area contributed by atoms with Crippen LogP contribution in [0, 0.1) is 0 Å². The van der Waals surface area contributed by atoms with Crippen LogP contribution < -0.4 is 4.90 Å². The van der Waals surface area contributed by atoms with E-state index in [1.54, 1.807) is 6.20 Å². The topological polar surface area (TPSA) is 43.8 Å². The molecule has 0 saturated carbocycles. The van der Waals surface area contributed by atoms with Crippen molar-refractivity contribution in [3.8, 4) is 0 Å². The lowest BCUT2D eigenvalue weighted by molar-refractivity contribution is 0.162. The van der Waals surface area contributed by atoms with E-state index in [0.29, 0.717) is 6.54 Å². The molecule has 0 unspecified atom stereocenters. The number of carbonyl (C=O) groups is 1. The fourth-order valence-electron chi connectivity index (χ4n) is 2.35. The summed E-state index contributed by atoms with van der Waals surface area (Å²) < 4.78 is 0. The number of anilines is 1. The van der Waals surface area contributed by atoms with Crippen LogP contribution >= 0.6 is 0 Å². The summed E-state index contributed by atoms with van der Waals surface area (Å²) in [6, 6.07) is 8.23. The van der Waals surface area contributed by atoms with Crippen molar-refractivity contribution >= 4 is 11.8 Å². The first kappa shape index (κ1) is 9.27. The summed E-state index contributed by atoms with van der Waals surface area (Å²) in [5.41, 5.74) is 3.58. The van der Waals surface area contributed by atoms with Crippen molar-refractivity contribution < 1.29 is 9.90 Å². The Kier molecular flexibility index (Phi) is 1.89. The molecule has 3 rings (SSSR count). The fourth-order valence-corrected chi connectivity index (χ4v) is 2.35. The van der Waals surface area contributed by atoms with Gasteiger partial charge in [-0.25, -0.2) is 4.79 Å². The second-order valence-corrected chi connectivity index (χ2v) is 4.05. The summed E-state index contributed by atoms with van der Waals surface area (Å²) in [7, 11) is 0. The standard InChI is InChI=1S/C12H12N2O2/c15-12(16)13-5-6-14-10(8-13)7-9-3-1-2-4-11(9)14/h1-4,8H,5-7H2,(H,15,16). The molecular weight excluding hydrogens is 204 g/mol. The molecule has 2 aliphatic heterocycles. The molecule has 0 saturated heterocycles. The van der Waals surface area contributed by atoms with E-state index < -0.39 is 6.09 Å². The molecule has 1 aromatic carbocycles. The summed E-state index contributed by atoms with van der Waals surface area (Å²) in [6.07, 6.45) is 1.70. The number of carboxylic acid groups (broad SMARTS) is 1. The fraction of sp³-hybridized carbons (Fsp3) is 0.250. The van der Waals surface area contributed by atoms with E-state index in [1.165, 1.54) is 16.2 Å². The molecule has 1 aromatic rings. The highest BCUT2D eigenvalue weighted by Gasteiger charge is 2.28. The maximum Gasteiger partial charge on any atom is 0.411 e. The molecule has 0 radical (unpaired) electrons. The number of hydrogen-bond acceptors (Lipinski definition) is 2. The van der Waals surface area contributed by atoms with Gasteiger partial charge in [-0.05, 0) is 11.6 Å². The van der Waals surface area contributed by atoms with Crippen molar-refractivity contribution in [1.29, 1.82) is 0 Å². The highest BCUT2D eigenvalue weighted by atomic mass is 16.4. The predicted molar refractivity (Wildman–Crippen MR) is 60.3 cm³/mol. The Morgan fingerprint density at radius 3 is 2.88 bits per heavy atom. The minimum Gasteiger partial charge on any atom is -0.465 e. The number of benzene rings is 1. The summed E-state index contributed by atoms with van der Waals surface area (Å²) in [4.78, 5) is 14.4. The SMILES string of the molecule is O=C(O)N1C=C2Cc3ccccc3N2CC1. The molecule has 0 spiro atoms. The van der Waals surface area contributed by atoms with Gasteiger partial charge < -0.3 is 10.0 Å². The first-order chi connectivity index (χ1) is 7.75. The van der Waals surface area contributed by atoms with E-state index >= 15 is 0 Å². The molecule has 1 N–H and O–H groups in total. The van der Waals surface area contributed by atoms with Crippen LogP contribution in [0.4, 0.5) is 10.5 Å². The third kappa shape index (κ3) is 1.26. The molecule has 1 amide bonds. The summed E-state index contributed by atoms with van der Waals surface area (Å²) in [5, 5.41) is 8.94. The van der Waals surface area contributed by atoms with Crippen molar-refractivity contribution in [2.45, 2.75) is 6.42 Å². The van der Waals surface area contributed by atoms with Crippen LogP contribution in [-0.4, -0.2) is 29.2 Å². The van der Waals surface area contributed by atoms with Gasteiger partial charge in [0.2, 0.25) is 0 Å². The Balaban J connectivity index is 1.98. The minimum atomic E-state index is -0.872. The molecule has 2 heterocycles.